The topological polar surface area (TPSA) is 93.2 Å². The smallest absolute Gasteiger partial charge is 0.279 e. The highest BCUT2D eigenvalue weighted by Gasteiger charge is 2.30. The van der Waals surface area contributed by atoms with Crippen LogP contribution in [0.15, 0.2) is 30.5 Å². The predicted molar refractivity (Wildman–Crippen MR) is 79.1 cm³/mol. The second-order valence-electron chi connectivity index (χ2n) is 4.72. The fraction of sp³-hybridized carbons (Fsp3) is 0.214. The van der Waals surface area contributed by atoms with Crippen LogP contribution in [0.2, 0.25) is 0 Å². The number of benzene rings is 1. The summed E-state index contributed by atoms with van der Waals surface area (Å²) in [6.07, 6.45) is 1.45. The molecule has 0 saturated carbocycles. The number of para-hydroxylation sites is 2. The molecular weight excluding hydrogens is 270 g/mol. The van der Waals surface area contributed by atoms with E-state index >= 15 is 0 Å². The summed E-state index contributed by atoms with van der Waals surface area (Å²) >= 11 is 0. The van der Waals surface area contributed by atoms with Gasteiger partial charge in [0.15, 0.2) is 0 Å². The Morgan fingerprint density at radius 1 is 1.43 bits per heavy atom. The zero-order valence-corrected chi connectivity index (χ0v) is 11.5. The first-order chi connectivity index (χ1) is 10.1. The average Bonchev–Trinajstić information content (AvgIpc) is 2.86. The third-order valence-corrected chi connectivity index (χ3v) is 3.39. The first-order valence-electron chi connectivity index (χ1n) is 6.64. The van der Waals surface area contributed by atoms with Crippen LogP contribution in [0.3, 0.4) is 0 Å². The van der Waals surface area contributed by atoms with Crippen molar-refractivity contribution in [2.24, 2.45) is 0 Å². The Morgan fingerprint density at radius 3 is 2.95 bits per heavy atom. The number of amides is 2. The van der Waals surface area contributed by atoms with Crippen LogP contribution < -0.4 is 16.0 Å². The quantitative estimate of drug-likeness (QED) is 0.863. The molecule has 3 rings (SSSR count). The van der Waals surface area contributed by atoms with Crippen molar-refractivity contribution in [1.82, 2.24) is 9.78 Å². The number of anilines is 3. The maximum absolute atomic E-state index is 12.8. The normalized spacial score (nSPS) is 13.8. The second kappa shape index (κ2) is 4.93. The lowest BCUT2D eigenvalue weighted by Crippen LogP contribution is -2.43. The highest BCUT2D eigenvalue weighted by Crippen LogP contribution is 2.30. The van der Waals surface area contributed by atoms with E-state index in [0.717, 1.165) is 0 Å². The molecule has 0 saturated heterocycles. The molecule has 2 heterocycles. The molecule has 0 aliphatic carbocycles. The van der Waals surface area contributed by atoms with E-state index in [2.05, 4.69) is 10.4 Å². The van der Waals surface area contributed by atoms with E-state index < -0.39 is 0 Å². The van der Waals surface area contributed by atoms with Gasteiger partial charge in [0.1, 0.15) is 12.2 Å². The van der Waals surface area contributed by atoms with Crippen LogP contribution in [-0.2, 0) is 11.3 Å². The third kappa shape index (κ3) is 2.12. The van der Waals surface area contributed by atoms with E-state index in [1.807, 2.05) is 13.0 Å². The first kappa shape index (κ1) is 13.2. The van der Waals surface area contributed by atoms with Crippen molar-refractivity contribution in [2.45, 2.75) is 13.5 Å². The molecular formula is C14H15N5O2. The maximum atomic E-state index is 12.8. The first-order valence-corrected chi connectivity index (χ1v) is 6.64. The molecule has 108 valence electrons. The molecule has 0 spiro atoms. The summed E-state index contributed by atoms with van der Waals surface area (Å²) in [5.41, 5.74) is 7.74. The van der Waals surface area contributed by atoms with Gasteiger partial charge in [-0.25, -0.2) is 0 Å². The fourth-order valence-electron chi connectivity index (χ4n) is 2.42. The summed E-state index contributed by atoms with van der Waals surface area (Å²) < 4.78 is 1.53. The molecule has 0 atom stereocenters. The van der Waals surface area contributed by atoms with Crippen LogP contribution in [0.5, 0.6) is 0 Å². The zero-order valence-electron chi connectivity index (χ0n) is 11.5. The maximum Gasteiger partial charge on any atom is 0.279 e. The molecule has 1 aromatic heterocycles. The van der Waals surface area contributed by atoms with E-state index in [1.165, 1.54) is 15.8 Å². The number of nitrogens with two attached hydrogens (primary N) is 1. The minimum absolute atomic E-state index is 0.0375. The van der Waals surface area contributed by atoms with Crippen LogP contribution in [0.1, 0.15) is 17.4 Å². The van der Waals surface area contributed by atoms with Gasteiger partial charge in [0.25, 0.3) is 5.91 Å². The molecule has 7 heteroatoms. The van der Waals surface area contributed by atoms with Gasteiger partial charge in [-0.2, -0.15) is 5.10 Å². The molecule has 2 aromatic rings. The van der Waals surface area contributed by atoms with Crippen molar-refractivity contribution >= 4 is 28.9 Å². The number of nitrogens with zero attached hydrogens (tertiary/aromatic N) is 3. The third-order valence-electron chi connectivity index (χ3n) is 3.39. The largest absolute Gasteiger partial charge is 0.396 e. The highest BCUT2D eigenvalue weighted by molar-refractivity contribution is 6.16. The lowest BCUT2D eigenvalue weighted by molar-refractivity contribution is -0.115. The van der Waals surface area contributed by atoms with Gasteiger partial charge in [-0.3, -0.25) is 19.2 Å². The van der Waals surface area contributed by atoms with Crippen LogP contribution in [-0.4, -0.2) is 28.1 Å². The molecule has 3 N–H and O–H groups in total. The Balaban J connectivity index is 2.06. The number of carbonyl (C=O) groups is 2. The van der Waals surface area contributed by atoms with E-state index in [0.29, 0.717) is 29.3 Å². The Hall–Kier alpha value is -2.83. The van der Waals surface area contributed by atoms with E-state index in [-0.39, 0.29) is 18.4 Å². The van der Waals surface area contributed by atoms with Crippen LogP contribution in [0.25, 0.3) is 0 Å². The lowest BCUT2D eigenvalue weighted by atomic mass is 10.1. The summed E-state index contributed by atoms with van der Waals surface area (Å²) in [5, 5.41) is 6.82. The van der Waals surface area contributed by atoms with E-state index in [4.69, 9.17) is 5.73 Å². The molecule has 0 bridgehead atoms. The van der Waals surface area contributed by atoms with Crippen LogP contribution in [0, 0.1) is 0 Å². The zero-order chi connectivity index (χ0) is 15.0. The second-order valence-corrected chi connectivity index (χ2v) is 4.72. The number of aromatic nitrogens is 2. The van der Waals surface area contributed by atoms with Crippen molar-refractivity contribution in [3.05, 3.63) is 36.2 Å². The number of aryl methyl sites for hydroxylation is 1. The number of nitrogens with one attached hydrogen (secondary N) is 1. The van der Waals surface area contributed by atoms with Crippen LogP contribution in [0.4, 0.5) is 17.1 Å². The molecule has 0 fully saturated rings. The summed E-state index contributed by atoms with van der Waals surface area (Å²) in [6, 6.07) is 7.16. The minimum Gasteiger partial charge on any atom is -0.396 e. The fourth-order valence-corrected chi connectivity index (χ4v) is 2.42. The Labute approximate surface area is 121 Å². The van der Waals surface area contributed by atoms with Gasteiger partial charge in [-0.05, 0) is 19.1 Å². The molecule has 1 aromatic carbocycles. The summed E-state index contributed by atoms with van der Waals surface area (Å²) in [5.74, 6) is -0.558. The summed E-state index contributed by atoms with van der Waals surface area (Å²) in [7, 11) is 0. The average molecular weight is 285 g/mol. The molecule has 2 amide bonds. The summed E-state index contributed by atoms with van der Waals surface area (Å²) in [4.78, 5) is 26.0. The van der Waals surface area contributed by atoms with E-state index in [1.54, 1.807) is 18.2 Å². The standard InChI is InChI=1S/C14H15N5O2/c1-2-19-13(9(15)7-16-19)14(21)18-8-12(20)17-10-5-3-4-6-11(10)18/h3-7H,2,8,15H2,1H3,(H,17,20). The highest BCUT2D eigenvalue weighted by atomic mass is 16.2. The number of hydrogen-bond donors (Lipinski definition) is 2. The Morgan fingerprint density at radius 2 is 2.19 bits per heavy atom. The van der Waals surface area contributed by atoms with Crippen molar-refractivity contribution < 1.29 is 9.59 Å². The molecule has 1 aliphatic rings. The van der Waals surface area contributed by atoms with Crippen molar-refractivity contribution in [2.75, 3.05) is 22.5 Å². The van der Waals surface area contributed by atoms with Crippen molar-refractivity contribution in [3.63, 3.8) is 0 Å². The van der Waals surface area contributed by atoms with Crippen molar-refractivity contribution in [1.29, 1.82) is 0 Å². The number of carbonyl (C=O) groups excluding carboxylic acids is 2. The molecule has 21 heavy (non-hydrogen) atoms. The molecule has 0 radical (unpaired) electrons. The Kier molecular flexibility index (Phi) is 3.09. The van der Waals surface area contributed by atoms with Gasteiger partial charge in [0.05, 0.1) is 23.3 Å². The van der Waals surface area contributed by atoms with Gasteiger partial charge >= 0.3 is 0 Å². The SMILES string of the molecule is CCn1ncc(N)c1C(=O)N1CC(=O)Nc2ccccc21. The lowest BCUT2D eigenvalue weighted by Gasteiger charge is -2.29. The number of hydrogen-bond acceptors (Lipinski definition) is 4. The van der Waals surface area contributed by atoms with Gasteiger partial charge in [-0.1, -0.05) is 12.1 Å². The molecule has 1 aliphatic heterocycles. The monoisotopic (exact) mass is 285 g/mol. The number of rotatable bonds is 2. The number of nitrogen functional groups attached to an aromatic ring is 1. The van der Waals surface area contributed by atoms with Gasteiger partial charge < -0.3 is 11.1 Å². The number of fused-ring (bicyclic) bond motifs is 1. The summed E-state index contributed by atoms with van der Waals surface area (Å²) in [6.45, 7) is 2.37. The van der Waals surface area contributed by atoms with Gasteiger partial charge in [0.2, 0.25) is 5.91 Å². The predicted octanol–water partition coefficient (Wildman–Crippen LogP) is 1.08. The van der Waals surface area contributed by atoms with Crippen molar-refractivity contribution in [3.8, 4) is 0 Å². The minimum atomic E-state index is -0.325. The van der Waals surface area contributed by atoms with Gasteiger partial charge in [-0.15, -0.1) is 0 Å². The van der Waals surface area contributed by atoms with Crippen LogP contribution >= 0.6 is 0 Å². The van der Waals surface area contributed by atoms with Gasteiger partial charge in [0, 0.05) is 6.54 Å². The molecule has 0 unspecified atom stereocenters. The molecule has 7 nitrogen and oxygen atoms in total. The Bertz CT molecular complexity index is 722. The van der Waals surface area contributed by atoms with E-state index in [9.17, 15) is 9.59 Å².